The van der Waals surface area contributed by atoms with Gasteiger partial charge in [-0.2, -0.15) is 0 Å². The summed E-state index contributed by atoms with van der Waals surface area (Å²) in [6.45, 7) is 8.68. The molecule has 0 bridgehead atoms. The lowest BCUT2D eigenvalue weighted by atomic mass is 9.85. The van der Waals surface area contributed by atoms with E-state index in [1.807, 2.05) is 0 Å². The first-order valence-electron chi connectivity index (χ1n) is 11.2. The summed E-state index contributed by atoms with van der Waals surface area (Å²) in [4.78, 5) is 0. The predicted molar refractivity (Wildman–Crippen MR) is 138 cm³/mol. The summed E-state index contributed by atoms with van der Waals surface area (Å²) in [5.74, 6) is 0.458. The topological polar surface area (TPSA) is 20.2 Å². The number of phenols is 1. The van der Waals surface area contributed by atoms with E-state index in [0.717, 1.165) is 10.9 Å². The molecular formula is C30H29OP. The van der Waals surface area contributed by atoms with Crippen molar-refractivity contribution in [3.05, 3.63) is 113 Å². The van der Waals surface area contributed by atoms with Crippen LogP contribution in [0, 0.1) is 6.92 Å². The summed E-state index contributed by atoms with van der Waals surface area (Å²) in [7, 11) is -0.876. The highest BCUT2D eigenvalue weighted by molar-refractivity contribution is 7.73. The quantitative estimate of drug-likeness (QED) is 0.337. The van der Waals surface area contributed by atoms with E-state index in [1.165, 1.54) is 33.1 Å². The maximum absolute atomic E-state index is 11.7. The van der Waals surface area contributed by atoms with Crippen LogP contribution in [0.2, 0.25) is 0 Å². The van der Waals surface area contributed by atoms with Crippen molar-refractivity contribution in [2.24, 2.45) is 0 Å². The molecule has 0 saturated carbocycles. The molecule has 0 spiro atoms. The van der Waals surface area contributed by atoms with Gasteiger partial charge < -0.3 is 5.11 Å². The van der Waals surface area contributed by atoms with Crippen LogP contribution in [0.5, 0.6) is 5.75 Å². The SMILES string of the molecule is Cc1cc(P(c2ccccc2)C2c3ccccc3-c3ccccc32)c(O)c(C(C)(C)C)c1. The first-order chi connectivity index (χ1) is 15.4. The van der Waals surface area contributed by atoms with Gasteiger partial charge in [-0.3, -0.25) is 0 Å². The lowest BCUT2D eigenvalue weighted by Crippen LogP contribution is -2.21. The number of phenolic OH excluding ortho intramolecular Hbond substituents is 1. The Labute approximate surface area is 192 Å². The molecule has 0 saturated heterocycles. The molecule has 0 aliphatic heterocycles. The molecule has 1 N–H and O–H groups in total. The summed E-state index contributed by atoms with van der Waals surface area (Å²) < 4.78 is 0. The number of aromatic hydroxyl groups is 1. The average Bonchev–Trinajstić information content (AvgIpc) is 3.11. The molecule has 1 atom stereocenters. The Morgan fingerprint density at radius 3 is 1.81 bits per heavy atom. The molecule has 0 heterocycles. The van der Waals surface area contributed by atoms with Crippen LogP contribution in [-0.4, -0.2) is 5.11 Å². The molecule has 1 aliphatic carbocycles. The van der Waals surface area contributed by atoms with E-state index in [4.69, 9.17) is 0 Å². The van der Waals surface area contributed by atoms with Crippen molar-refractivity contribution in [2.45, 2.75) is 38.8 Å². The van der Waals surface area contributed by atoms with Gasteiger partial charge in [0.1, 0.15) is 5.75 Å². The first-order valence-corrected chi connectivity index (χ1v) is 12.6. The number of benzene rings is 4. The van der Waals surface area contributed by atoms with Gasteiger partial charge >= 0.3 is 0 Å². The fourth-order valence-electron chi connectivity index (χ4n) is 4.94. The van der Waals surface area contributed by atoms with Crippen LogP contribution in [0.1, 0.15) is 48.7 Å². The average molecular weight is 437 g/mol. The third-order valence-corrected chi connectivity index (χ3v) is 9.18. The Morgan fingerprint density at radius 1 is 0.719 bits per heavy atom. The van der Waals surface area contributed by atoms with Crippen LogP contribution in [0.3, 0.4) is 0 Å². The van der Waals surface area contributed by atoms with E-state index in [2.05, 4.69) is 119 Å². The summed E-state index contributed by atoms with van der Waals surface area (Å²) >= 11 is 0. The largest absolute Gasteiger partial charge is 0.507 e. The standard InChI is InChI=1S/C30H29OP/c1-20-18-26(30(2,3)4)28(31)27(19-20)32(21-12-6-5-7-13-21)29-24-16-10-8-14-22(24)23-15-9-11-17-25(23)29/h5-19,29,31H,1-4H3. The zero-order valence-corrected chi connectivity index (χ0v) is 20.0. The highest BCUT2D eigenvalue weighted by Gasteiger charge is 2.37. The van der Waals surface area contributed by atoms with Crippen LogP contribution in [0.15, 0.2) is 91.0 Å². The first kappa shape index (κ1) is 21.0. The number of rotatable bonds is 3. The smallest absolute Gasteiger partial charge is 0.127 e. The zero-order chi connectivity index (χ0) is 22.5. The van der Waals surface area contributed by atoms with Crippen molar-refractivity contribution < 1.29 is 5.11 Å². The number of hydrogen-bond acceptors (Lipinski definition) is 1. The number of fused-ring (bicyclic) bond motifs is 3. The third-order valence-electron chi connectivity index (χ3n) is 6.40. The predicted octanol–water partition coefficient (Wildman–Crippen LogP) is 7.20. The van der Waals surface area contributed by atoms with Crippen molar-refractivity contribution in [1.82, 2.24) is 0 Å². The van der Waals surface area contributed by atoms with Gasteiger partial charge in [0.2, 0.25) is 0 Å². The minimum Gasteiger partial charge on any atom is -0.507 e. The second kappa shape index (κ2) is 7.91. The molecule has 1 nitrogen and oxygen atoms in total. The third kappa shape index (κ3) is 3.46. The van der Waals surface area contributed by atoms with E-state index < -0.39 is 7.92 Å². The normalized spacial score (nSPS) is 14.1. The van der Waals surface area contributed by atoms with Crippen molar-refractivity contribution in [3.8, 4) is 16.9 Å². The van der Waals surface area contributed by atoms with Crippen LogP contribution in [-0.2, 0) is 5.41 Å². The van der Waals surface area contributed by atoms with Gasteiger partial charge in [0.25, 0.3) is 0 Å². The summed E-state index contributed by atoms with van der Waals surface area (Å²) in [5, 5.41) is 14.0. The van der Waals surface area contributed by atoms with Crippen LogP contribution in [0.4, 0.5) is 0 Å². The molecule has 4 aromatic carbocycles. The molecule has 2 heteroatoms. The fourth-order valence-corrected chi connectivity index (χ4v) is 7.98. The molecule has 4 aromatic rings. The van der Waals surface area contributed by atoms with Crippen molar-refractivity contribution in [1.29, 1.82) is 0 Å². The number of hydrogen-bond donors (Lipinski definition) is 1. The van der Waals surface area contributed by atoms with Gasteiger partial charge in [0, 0.05) is 16.5 Å². The van der Waals surface area contributed by atoms with E-state index in [0.29, 0.717) is 5.75 Å². The Bertz CT molecular complexity index is 1240. The highest BCUT2D eigenvalue weighted by atomic mass is 31.1. The highest BCUT2D eigenvalue weighted by Crippen LogP contribution is 2.61. The van der Waals surface area contributed by atoms with E-state index in [1.54, 1.807) is 0 Å². The maximum Gasteiger partial charge on any atom is 0.127 e. The molecule has 32 heavy (non-hydrogen) atoms. The molecule has 5 rings (SSSR count). The molecule has 1 aliphatic rings. The van der Waals surface area contributed by atoms with Crippen molar-refractivity contribution >= 4 is 18.5 Å². The van der Waals surface area contributed by atoms with Crippen molar-refractivity contribution in [3.63, 3.8) is 0 Å². The molecule has 160 valence electrons. The second-order valence-electron chi connectivity index (χ2n) is 9.71. The molecule has 0 aromatic heterocycles. The van der Waals surface area contributed by atoms with Crippen LogP contribution in [0.25, 0.3) is 11.1 Å². The van der Waals surface area contributed by atoms with Gasteiger partial charge in [-0.05, 0) is 59.4 Å². The summed E-state index contributed by atoms with van der Waals surface area (Å²) in [6, 6.07) is 32.7. The monoisotopic (exact) mass is 436 g/mol. The molecule has 1 unspecified atom stereocenters. The van der Waals surface area contributed by atoms with Crippen molar-refractivity contribution in [2.75, 3.05) is 0 Å². The second-order valence-corrected chi connectivity index (χ2v) is 12.0. The van der Waals surface area contributed by atoms with Gasteiger partial charge in [-0.1, -0.05) is 106 Å². The fraction of sp³-hybridized carbons (Fsp3) is 0.200. The van der Waals surface area contributed by atoms with E-state index in [9.17, 15) is 5.11 Å². The zero-order valence-electron chi connectivity index (χ0n) is 19.1. The molecule has 0 amide bonds. The Balaban J connectivity index is 1.82. The lowest BCUT2D eigenvalue weighted by Gasteiger charge is -2.31. The van der Waals surface area contributed by atoms with Gasteiger partial charge in [-0.15, -0.1) is 0 Å². The summed E-state index contributed by atoms with van der Waals surface area (Å²) in [5.41, 5.74) is 7.67. The molecule has 0 fully saturated rings. The Hall–Kier alpha value is -2.89. The van der Waals surface area contributed by atoms with Gasteiger partial charge in [0.05, 0.1) is 0 Å². The molecular weight excluding hydrogens is 407 g/mol. The van der Waals surface area contributed by atoms with Gasteiger partial charge in [0.15, 0.2) is 0 Å². The van der Waals surface area contributed by atoms with E-state index >= 15 is 0 Å². The Kier molecular flexibility index (Phi) is 5.19. The molecule has 0 radical (unpaired) electrons. The number of aryl methyl sites for hydroxylation is 1. The van der Waals surface area contributed by atoms with Gasteiger partial charge in [-0.25, -0.2) is 0 Å². The minimum absolute atomic E-state index is 0.131. The maximum atomic E-state index is 11.7. The lowest BCUT2D eigenvalue weighted by molar-refractivity contribution is 0.450. The Morgan fingerprint density at radius 2 is 1.25 bits per heavy atom. The van der Waals surface area contributed by atoms with E-state index in [-0.39, 0.29) is 11.1 Å². The minimum atomic E-state index is -0.876. The van der Waals surface area contributed by atoms with Crippen LogP contribution >= 0.6 is 7.92 Å². The summed E-state index contributed by atoms with van der Waals surface area (Å²) in [6.07, 6.45) is 0. The van der Waals surface area contributed by atoms with Crippen LogP contribution < -0.4 is 10.6 Å².